The first-order chi connectivity index (χ1) is 8.20. The lowest BCUT2D eigenvalue weighted by atomic mass is 10.1. The van der Waals surface area contributed by atoms with Crippen LogP contribution in [0.5, 0.6) is 5.75 Å². The van der Waals surface area contributed by atoms with Gasteiger partial charge in [0.05, 0.1) is 23.0 Å². The number of ether oxygens (including phenoxy) is 1. The number of pyridine rings is 1. The molecule has 0 atom stereocenters. The Labute approximate surface area is 101 Å². The van der Waals surface area contributed by atoms with Gasteiger partial charge in [-0.15, -0.1) is 0 Å². The van der Waals surface area contributed by atoms with Crippen LogP contribution in [-0.4, -0.2) is 17.1 Å². The average Bonchev–Trinajstić information content (AvgIpc) is 2.67. The van der Waals surface area contributed by atoms with Gasteiger partial charge >= 0.3 is 0 Å². The molecule has 1 N–H and O–H groups in total. The third kappa shape index (κ3) is 1.45. The van der Waals surface area contributed by atoms with Crippen LogP contribution >= 0.6 is 11.6 Å². The fraction of sp³-hybridized carbons (Fsp3) is 0.0833. The van der Waals surface area contributed by atoms with Crippen LogP contribution in [-0.2, 0) is 0 Å². The number of halogens is 2. The van der Waals surface area contributed by atoms with Gasteiger partial charge in [0.15, 0.2) is 11.6 Å². The van der Waals surface area contributed by atoms with Gasteiger partial charge in [-0.05, 0) is 18.2 Å². The first kappa shape index (κ1) is 10.4. The predicted octanol–water partition coefficient (Wildman–Crippen LogP) is 3.52. The van der Waals surface area contributed by atoms with Crippen LogP contribution in [0.15, 0.2) is 24.4 Å². The Kier molecular flexibility index (Phi) is 2.19. The van der Waals surface area contributed by atoms with Crippen LogP contribution in [0.2, 0.25) is 5.02 Å². The summed E-state index contributed by atoms with van der Waals surface area (Å²) in [6.45, 7) is 0. The molecule has 0 unspecified atom stereocenters. The Morgan fingerprint density at radius 1 is 1.41 bits per heavy atom. The monoisotopic (exact) mass is 250 g/mol. The highest BCUT2D eigenvalue weighted by Gasteiger charge is 2.14. The summed E-state index contributed by atoms with van der Waals surface area (Å²) in [6.07, 6.45) is 1.54. The molecule has 2 heterocycles. The number of rotatable bonds is 1. The smallest absolute Gasteiger partial charge is 0.165 e. The van der Waals surface area contributed by atoms with Gasteiger partial charge in [0.25, 0.3) is 0 Å². The van der Waals surface area contributed by atoms with E-state index in [-0.39, 0.29) is 5.75 Å². The minimum atomic E-state index is -0.402. The van der Waals surface area contributed by atoms with E-state index >= 15 is 0 Å². The van der Waals surface area contributed by atoms with Gasteiger partial charge in [-0.2, -0.15) is 0 Å². The minimum absolute atomic E-state index is 0.206. The molecule has 0 amide bonds. The van der Waals surface area contributed by atoms with Gasteiger partial charge in [0.2, 0.25) is 0 Å². The summed E-state index contributed by atoms with van der Waals surface area (Å²) in [5, 5.41) is 1.92. The number of nitrogens with zero attached hydrogens (tertiary/aromatic N) is 1. The second kappa shape index (κ2) is 3.60. The molecule has 3 rings (SSSR count). The van der Waals surface area contributed by atoms with E-state index in [0.29, 0.717) is 16.1 Å². The number of nitrogens with one attached hydrogen (secondary N) is 1. The van der Waals surface area contributed by atoms with Crippen molar-refractivity contribution in [3.8, 4) is 5.75 Å². The molecule has 0 radical (unpaired) electrons. The maximum atomic E-state index is 13.6. The van der Waals surface area contributed by atoms with Crippen molar-refractivity contribution < 1.29 is 9.13 Å². The molecule has 3 aromatic rings. The number of aromatic nitrogens is 2. The standard InChI is InChI=1S/C12H8ClFN2O/c1-17-11-8(14)2-3-9-10(11)7-4-6(13)5-15-12(7)16-9/h2-5H,1H3,(H,15,16). The van der Waals surface area contributed by atoms with E-state index < -0.39 is 5.82 Å². The van der Waals surface area contributed by atoms with Crippen molar-refractivity contribution in [1.29, 1.82) is 0 Å². The highest BCUT2D eigenvalue weighted by molar-refractivity contribution is 6.31. The molecule has 0 fully saturated rings. The summed E-state index contributed by atoms with van der Waals surface area (Å²) in [6, 6.07) is 4.76. The van der Waals surface area contributed by atoms with E-state index in [4.69, 9.17) is 16.3 Å². The number of H-pyrrole nitrogens is 1. The first-order valence-electron chi connectivity index (χ1n) is 5.00. The van der Waals surface area contributed by atoms with E-state index in [9.17, 15) is 4.39 Å². The van der Waals surface area contributed by atoms with Crippen LogP contribution < -0.4 is 4.74 Å². The summed E-state index contributed by atoms with van der Waals surface area (Å²) in [4.78, 5) is 7.25. The highest BCUT2D eigenvalue weighted by atomic mass is 35.5. The van der Waals surface area contributed by atoms with E-state index in [1.165, 1.54) is 13.2 Å². The highest BCUT2D eigenvalue weighted by Crippen LogP contribution is 2.35. The summed E-state index contributed by atoms with van der Waals surface area (Å²) in [5.74, 6) is -0.196. The van der Waals surface area contributed by atoms with Crippen molar-refractivity contribution in [1.82, 2.24) is 9.97 Å². The molecule has 0 aliphatic carbocycles. The van der Waals surface area contributed by atoms with Gasteiger partial charge in [0.1, 0.15) is 5.65 Å². The third-order valence-corrected chi connectivity index (χ3v) is 2.90. The SMILES string of the molecule is COc1c(F)ccc2[nH]c3ncc(Cl)cc3c12. The number of fused-ring (bicyclic) bond motifs is 3. The van der Waals surface area contributed by atoms with Crippen LogP contribution in [0.4, 0.5) is 4.39 Å². The van der Waals surface area contributed by atoms with Crippen molar-refractivity contribution in [3.63, 3.8) is 0 Å². The van der Waals surface area contributed by atoms with Crippen LogP contribution in [0.25, 0.3) is 21.9 Å². The van der Waals surface area contributed by atoms with E-state index in [0.717, 1.165) is 10.9 Å². The number of aromatic amines is 1. The van der Waals surface area contributed by atoms with Gasteiger partial charge in [-0.3, -0.25) is 0 Å². The second-order valence-electron chi connectivity index (χ2n) is 3.68. The lowest BCUT2D eigenvalue weighted by molar-refractivity contribution is 0.392. The van der Waals surface area contributed by atoms with E-state index in [1.54, 1.807) is 18.3 Å². The Morgan fingerprint density at radius 2 is 2.24 bits per heavy atom. The minimum Gasteiger partial charge on any atom is -0.493 e. The number of hydrogen-bond donors (Lipinski definition) is 1. The molecule has 0 aliphatic rings. The van der Waals surface area contributed by atoms with Gasteiger partial charge in [-0.1, -0.05) is 11.6 Å². The topological polar surface area (TPSA) is 37.9 Å². The second-order valence-corrected chi connectivity index (χ2v) is 4.11. The predicted molar refractivity (Wildman–Crippen MR) is 65.1 cm³/mol. The average molecular weight is 251 g/mol. The molecule has 17 heavy (non-hydrogen) atoms. The van der Waals surface area contributed by atoms with Gasteiger partial charge in [-0.25, -0.2) is 9.37 Å². The van der Waals surface area contributed by atoms with Crippen LogP contribution in [0.3, 0.4) is 0 Å². The molecule has 0 bridgehead atoms. The summed E-state index contributed by atoms with van der Waals surface area (Å²) in [7, 11) is 1.44. The molecular formula is C12H8ClFN2O. The zero-order chi connectivity index (χ0) is 12.0. The summed E-state index contributed by atoms with van der Waals surface area (Å²) >= 11 is 5.90. The Bertz CT molecular complexity index is 723. The van der Waals surface area contributed by atoms with Crippen molar-refractivity contribution in [3.05, 3.63) is 35.2 Å². The molecule has 1 aromatic carbocycles. The zero-order valence-corrected chi connectivity index (χ0v) is 9.68. The maximum absolute atomic E-state index is 13.6. The quantitative estimate of drug-likeness (QED) is 0.718. The summed E-state index contributed by atoms with van der Waals surface area (Å²) < 4.78 is 18.7. The molecule has 0 aliphatic heterocycles. The van der Waals surface area contributed by atoms with Crippen molar-refractivity contribution in [2.75, 3.05) is 7.11 Å². The van der Waals surface area contributed by atoms with E-state index in [1.807, 2.05) is 0 Å². The third-order valence-electron chi connectivity index (χ3n) is 2.69. The van der Waals surface area contributed by atoms with Crippen LogP contribution in [0, 0.1) is 5.82 Å². The zero-order valence-electron chi connectivity index (χ0n) is 8.92. The lowest BCUT2D eigenvalue weighted by Crippen LogP contribution is -1.88. The van der Waals surface area contributed by atoms with E-state index in [2.05, 4.69) is 9.97 Å². The molecular weight excluding hydrogens is 243 g/mol. The molecule has 86 valence electrons. The Morgan fingerprint density at radius 3 is 3.00 bits per heavy atom. The molecule has 2 aromatic heterocycles. The molecule has 3 nitrogen and oxygen atoms in total. The maximum Gasteiger partial charge on any atom is 0.165 e. The molecule has 0 saturated heterocycles. The van der Waals surface area contributed by atoms with Gasteiger partial charge < -0.3 is 9.72 Å². The first-order valence-corrected chi connectivity index (χ1v) is 5.38. The van der Waals surface area contributed by atoms with Crippen molar-refractivity contribution >= 4 is 33.5 Å². The van der Waals surface area contributed by atoms with Crippen molar-refractivity contribution in [2.45, 2.75) is 0 Å². The summed E-state index contributed by atoms with van der Waals surface area (Å²) in [5.41, 5.74) is 1.43. The fourth-order valence-electron chi connectivity index (χ4n) is 1.99. The number of benzene rings is 1. The molecule has 0 spiro atoms. The number of hydrogen-bond acceptors (Lipinski definition) is 2. The molecule has 5 heteroatoms. The Balaban J connectivity index is 2.56. The Hall–Kier alpha value is -1.81. The lowest BCUT2D eigenvalue weighted by Gasteiger charge is -2.03. The fourth-order valence-corrected chi connectivity index (χ4v) is 2.14. The normalized spacial score (nSPS) is 11.2. The number of methoxy groups -OCH3 is 1. The van der Waals surface area contributed by atoms with Crippen LogP contribution in [0.1, 0.15) is 0 Å². The molecule has 0 saturated carbocycles. The van der Waals surface area contributed by atoms with Gasteiger partial charge in [0, 0.05) is 11.6 Å². The van der Waals surface area contributed by atoms with Crippen molar-refractivity contribution in [2.24, 2.45) is 0 Å². The largest absolute Gasteiger partial charge is 0.493 e.